The van der Waals surface area contributed by atoms with Gasteiger partial charge in [0.1, 0.15) is 0 Å². The van der Waals surface area contributed by atoms with E-state index in [2.05, 4.69) is 6.92 Å². The van der Waals surface area contributed by atoms with Gasteiger partial charge in [-0.3, -0.25) is 0 Å². The summed E-state index contributed by atoms with van der Waals surface area (Å²) >= 11 is 0. The molecular weight excluding hydrogens is 215 g/mol. The molecular formula is C9H17BF3K. The normalized spacial score (nSPS) is 11.7. The summed E-state index contributed by atoms with van der Waals surface area (Å²) in [5.41, 5.74) is 0. The van der Waals surface area contributed by atoms with E-state index in [1.165, 1.54) is 12.5 Å². The average molecular weight is 232 g/mol. The Hall–Kier alpha value is 1.23. The Morgan fingerprint density at radius 1 is 1.00 bits per heavy atom. The van der Waals surface area contributed by atoms with Gasteiger partial charge in [0, 0.05) is 0 Å². The molecule has 0 radical (unpaired) electrons. The largest absolute Gasteiger partial charge is 1.00 e. The molecule has 14 heavy (non-hydrogen) atoms. The van der Waals surface area contributed by atoms with Crippen LogP contribution in [0.2, 0.25) is 6.32 Å². The Morgan fingerprint density at radius 3 is 2.14 bits per heavy atom. The average Bonchev–Trinajstić information content (AvgIpc) is 2.01. The first-order valence-electron chi connectivity index (χ1n) is 4.92. The van der Waals surface area contributed by atoms with Gasteiger partial charge < -0.3 is 12.9 Å². The number of halogens is 3. The van der Waals surface area contributed by atoms with E-state index >= 15 is 0 Å². The fraction of sp³-hybridized carbons (Fsp3) is 0.778. The topological polar surface area (TPSA) is 0 Å². The van der Waals surface area contributed by atoms with Crippen molar-refractivity contribution < 1.29 is 64.3 Å². The third-order valence-electron chi connectivity index (χ3n) is 1.79. The fourth-order valence-corrected chi connectivity index (χ4v) is 1.06. The van der Waals surface area contributed by atoms with E-state index in [0.717, 1.165) is 25.7 Å². The molecule has 0 bridgehead atoms. The Morgan fingerprint density at radius 2 is 1.64 bits per heavy atom. The van der Waals surface area contributed by atoms with E-state index < -0.39 is 13.3 Å². The minimum Gasteiger partial charge on any atom is -0.449 e. The summed E-state index contributed by atoms with van der Waals surface area (Å²) in [5.74, 6) is 0. The van der Waals surface area contributed by atoms with Crippen LogP contribution in [0.1, 0.15) is 39.0 Å². The van der Waals surface area contributed by atoms with Gasteiger partial charge in [-0.25, -0.2) is 0 Å². The van der Waals surface area contributed by atoms with Gasteiger partial charge in [-0.1, -0.05) is 38.6 Å². The quantitative estimate of drug-likeness (QED) is 0.353. The van der Waals surface area contributed by atoms with Crippen molar-refractivity contribution in [3.8, 4) is 0 Å². The van der Waals surface area contributed by atoms with Gasteiger partial charge in [0.15, 0.2) is 0 Å². The molecule has 0 aromatic heterocycles. The van der Waals surface area contributed by atoms with Gasteiger partial charge in [-0.15, -0.1) is 6.08 Å². The zero-order valence-electron chi connectivity index (χ0n) is 9.11. The second kappa shape index (κ2) is 10.7. The van der Waals surface area contributed by atoms with Crippen molar-refractivity contribution in [1.82, 2.24) is 0 Å². The minimum atomic E-state index is -4.62. The van der Waals surface area contributed by atoms with Crippen molar-refractivity contribution in [3.63, 3.8) is 0 Å². The van der Waals surface area contributed by atoms with Crippen molar-refractivity contribution in [2.75, 3.05) is 0 Å². The van der Waals surface area contributed by atoms with E-state index in [0.29, 0.717) is 0 Å². The first-order chi connectivity index (χ1) is 6.06. The fourth-order valence-electron chi connectivity index (χ4n) is 1.06. The molecule has 0 unspecified atom stereocenters. The number of rotatable bonds is 7. The van der Waals surface area contributed by atoms with Crippen molar-refractivity contribution >= 4 is 6.98 Å². The van der Waals surface area contributed by atoms with Crippen molar-refractivity contribution in [3.05, 3.63) is 12.2 Å². The van der Waals surface area contributed by atoms with Crippen molar-refractivity contribution in [2.24, 2.45) is 0 Å². The predicted octanol–water partition coefficient (Wildman–Crippen LogP) is 1.36. The van der Waals surface area contributed by atoms with Crippen LogP contribution >= 0.6 is 0 Å². The van der Waals surface area contributed by atoms with E-state index in [1.54, 1.807) is 6.08 Å². The summed E-state index contributed by atoms with van der Waals surface area (Å²) in [6.07, 6.45) is 7.41. The molecule has 0 fully saturated rings. The summed E-state index contributed by atoms with van der Waals surface area (Å²) in [6.45, 7) is -2.50. The van der Waals surface area contributed by atoms with E-state index in [9.17, 15) is 12.9 Å². The van der Waals surface area contributed by atoms with Crippen LogP contribution in [0.5, 0.6) is 0 Å². The van der Waals surface area contributed by atoms with Crippen LogP contribution in [0.4, 0.5) is 12.9 Å². The van der Waals surface area contributed by atoms with Crippen molar-refractivity contribution in [2.45, 2.75) is 45.3 Å². The molecule has 0 aliphatic heterocycles. The number of hydrogen-bond acceptors (Lipinski definition) is 0. The summed E-state index contributed by atoms with van der Waals surface area (Å²) in [5, 5.41) is 0. The molecule has 0 aromatic rings. The zero-order valence-corrected chi connectivity index (χ0v) is 12.2. The first-order valence-corrected chi connectivity index (χ1v) is 4.92. The molecule has 0 aromatic carbocycles. The zero-order chi connectivity index (χ0) is 10.2. The molecule has 0 rings (SSSR count). The number of hydrogen-bond donors (Lipinski definition) is 0. The third-order valence-corrected chi connectivity index (χ3v) is 1.79. The summed E-state index contributed by atoms with van der Waals surface area (Å²) in [6, 6.07) is 0. The second-order valence-corrected chi connectivity index (χ2v) is 3.27. The number of allylic oxidation sites excluding steroid dienone is 2. The van der Waals surface area contributed by atoms with Crippen LogP contribution in [-0.4, -0.2) is 6.98 Å². The smallest absolute Gasteiger partial charge is 0.449 e. The first kappa shape index (κ1) is 17.6. The number of unbranched alkanes of at least 4 members (excludes halogenated alkanes) is 4. The molecule has 78 valence electrons. The summed E-state index contributed by atoms with van der Waals surface area (Å²) < 4.78 is 35.1. The van der Waals surface area contributed by atoms with Crippen molar-refractivity contribution in [1.29, 1.82) is 0 Å². The van der Waals surface area contributed by atoms with E-state index in [1.807, 2.05) is 0 Å². The van der Waals surface area contributed by atoms with Gasteiger partial charge in [0.25, 0.3) is 0 Å². The Bertz CT molecular complexity index is 145. The standard InChI is InChI=1S/C9H17BF3.K/c1-2-3-4-5-6-7-8-9-10(11,12)13;/h7-8H,2-6,9H2,1H3;/q-1;+1/b8-7-;. The van der Waals surface area contributed by atoms with Crippen LogP contribution in [0.3, 0.4) is 0 Å². The third kappa shape index (κ3) is 15.7. The molecule has 0 spiro atoms. The van der Waals surface area contributed by atoms with Gasteiger partial charge in [0.05, 0.1) is 0 Å². The Balaban J connectivity index is 0. The van der Waals surface area contributed by atoms with Crippen LogP contribution in [0.25, 0.3) is 0 Å². The predicted molar refractivity (Wildman–Crippen MR) is 51.8 cm³/mol. The van der Waals surface area contributed by atoms with Crippen LogP contribution in [0.15, 0.2) is 12.2 Å². The Kier molecular flexibility index (Phi) is 13.5. The monoisotopic (exact) mass is 232 g/mol. The maximum atomic E-state index is 11.7. The van der Waals surface area contributed by atoms with E-state index in [-0.39, 0.29) is 51.4 Å². The molecule has 0 nitrogen and oxygen atoms in total. The summed E-state index contributed by atoms with van der Waals surface area (Å²) in [4.78, 5) is 0. The molecule has 0 aliphatic carbocycles. The maximum Gasteiger partial charge on any atom is 1.00 e. The maximum absolute atomic E-state index is 11.7. The van der Waals surface area contributed by atoms with Gasteiger partial charge >= 0.3 is 58.4 Å². The summed E-state index contributed by atoms with van der Waals surface area (Å²) in [7, 11) is 0. The minimum absolute atomic E-state index is 0. The molecule has 0 aliphatic rings. The van der Waals surface area contributed by atoms with Gasteiger partial charge in [-0.2, -0.15) is 0 Å². The molecule has 5 heteroatoms. The second-order valence-electron chi connectivity index (χ2n) is 3.27. The van der Waals surface area contributed by atoms with E-state index in [4.69, 9.17) is 0 Å². The van der Waals surface area contributed by atoms with Gasteiger partial charge in [0.2, 0.25) is 0 Å². The Labute approximate surface area is 127 Å². The molecule has 0 heterocycles. The van der Waals surface area contributed by atoms with Crippen LogP contribution < -0.4 is 51.4 Å². The molecule has 0 amide bonds. The molecule has 0 atom stereocenters. The molecule has 0 N–H and O–H groups in total. The SMILES string of the molecule is CCCCCC/C=C\C[B-](F)(F)F.[K+]. The molecule has 0 saturated carbocycles. The van der Waals surface area contributed by atoms with Crippen LogP contribution in [-0.2, 0) is 0 Å². The van der Waals surface area contributed by atoms with Crippen LogP contribution in [0, 0.1) is 0 Å². The molecule has 0 saturated heterocycles. The van der Waals surface area contributed by atoms with Gasteiger partial charge in [-0.05, 0) is 12.8 Å².